The van der Waals surface area contributed by atoms with Crippen molar-refractivity contribution in [3.8, 4) is 0 Å². The van der Waals surface area contributed by atoms with Crippen molar-refractivity contribution in [2.75, 3.05) is 13.2 Å². The van der Waals surface area contributed by atoms with Crippen molar-refractivity contribution in [1.82, 2.24) is 0 Å². The largest absolute Gasteiger partial charge is 0.475 e. The first-order valence-corrected chi connectivity index (χ1v) is 14.4. The van der Waals surface area contributed by atoms with Crippen LogP contribution in [0.2, 0.25) is 0 Å². The molecule has 3 aromatic rings. The van der Waals surface area contributed by atoms with E-state index in [4.69, 9.17) is 19.5 Å². The van der Waals surface area contributed by atoms with Crippen LogP contribution in [0.4, 0.5) is 0 Å². The normalized spacial score (nSPS) is 19.7. The highest BCUT2D eigenvalue weighted by Gasteiger charge is 2.38. The predicted molar refractivity (Wildman–Crippen MR) is 148 cm³/mol. The highest BCUT2D eigenvalue weighted by atomic mass is 31.2. The maximum atomic E-state index is 15.6. The summed E-state index contributed by atoms with van der Waals surface area (Å²) in [5.41, 5.74) is 1.55. The van der Waals surface area contributed by atoms with Crippen LogP contribution in [0.15, 0.2) is 88.8 Å². The summed E-state index contributed by atoms with van der Waals surface area (Å²) in [4.78, 5) is 9.75. The lowest BCUT2D eigenvalue weighted by atomic mass is 10.1. The van der Waals surface area contributed by atoms with Gasteiger partial charge in [0.25, 0.3) is 0 Å². The van der Waals surface area contributed by atoms with Gasteiger partial charge in [-0.25, -0.2) is 9.98 Å². The monoisotopic (exact) mass is 500 g/mol. The summed E-state index contributed by atoms with van der Waals surface area (Å²) < 4.78 is 27.7. The molecule has 6 heteroatoms. The van der Waals surface area contributed by atoms with Gasteiger partial charge in [0.1, 0.15) is 13.2 Å². The molecule has 0 aromatic heterocycles. The topological polar surface area (TPSA) is 60.2 Å². The van der Waals surface area contributed by atoms with E-state index in [1.807, 2.05) is 78.9 Å². The fourth-order valence-electron chi connectivity index (χ4n) is 4.66. The Hall–Kier alpha value is -3.17. The van der Waals surface area contributed by atoms with E-state index in [2.05, 4.69) is 27.7 Å². The quantitative estimate of drug-likeness (QED) is 0.433. The Labute approximate surface area is 213 Å². The molecule has 2 atom stereocenters. The third kappa shape index (κ3) is 4.41. The summed E-state index contributed by atoms with van der Waals surface area (Å²) in [5.74, 6) is 1.85. The SMILES string of the molecule is CC(C)[C@H]1COC(c2ccccc2P(=O)(c2ccccc2)c2ccccc2C2=N[C@@H](C(C)C)CO2)=N1. The number of benzene rings is 3. The number of rotatable bonds is 7. The van der Waals surface area contributed by atoms with E-state index < -0.39 is 7.14 Å². The van der Waals surface area contributed by atoms with Crippen molar-refractivity contribution < 1.29 is 14.0 Å². The van der Waals surface area contributed by atoms with E-state index in [0.29, 0.717) is 47.5 Å². The van der Waals surface area contributed by atoms with E-state index in [1.54, 1.807) is 0 Å². The molecule has 0 N–H and O–H groups in total. The van der Waals surface area contributed by atoms with Gasteiger partial charge >= 0.3 is 0 Å². The molecule has 3 aromatic carbocycles. The molecule has 0 amide bonds. The van der Waals surface area contributed by atoms with Crippen molar-refractivity contribution in [3.05, 3.63) is 90.0 Å². The third-order valence-corrected chi connectivity index (χ3v) is 10.1. The smallest absolute Gasteiger partial charge is 0.217 e. The number of hydrogen-bond acceptors (Lipinski definition) is 5. The molecule has 2 aliphatic rings. The molecule has 0 saturated heterocycles. The molecule has 0 bridgehead atoms. The number of aliphatic imine (C=N–C) groups is 2. The Morgan fingerprint density at radius 1 is 0.667 bits per heavy atom. The summed E-state index contributed by atoms with van der Waals surface area (Å²) in [7, 11) is -3.37. The molecule has 5 nitrogen and oxygen atoms in total. The van der Waals surface area contributed by atoms with E-state index in [1.165, 1.54) is 0 Å². The second-order valence-electron chi connectivity index (χ2n) is 10.1. The molecule has 36 heavy (non-hydrogen) atoms. The Kier molecular flexibility index (Phi) is 6.85. The van der Waals surface area contributed by atoms with Gasteiger partial charge in [-0.05, 0) is 24.0 Å². The molecule has 0 spiro atoms. The lowest BCUT2D eigenvalue weighted by Gasteiger charge is -2.24. The van der Waals surface area contributed by atoms with Gasteiger partial charge in [-0.1, -0.05) is 94.4 Å². The molecular weight excluding hydrogens is 467 g/mol. The van der Waals surface area contributed by atoms with Crippen LogP contribution in [0.3, 0.4) is 0 Å². The van der Waals surface area contributed by atoms with E-state index in [0.717, 1.165) is 16.4 Å². The standard InChI is InChI=1S/C30H33N2O3P/c1-20(2)25-18-34-29(31-25)23-14-8-10-16-27(23)36(33,22-12-6-5-7-13-22)28-17-11-9-15-24(28)30-32-26(19-35-30)21(3)4/h5-17,20-21,25-26H,18-19H2,1-4H3/t25-,26-/m1/s1. The van der Waals surface area contributed by atoms with Gasteiger partial charge in [0.15, 0.2) is 7.14 Å². The second-order valence-corrected chi connectivity index (χ2v) is 12.8. The molecule has 5 rings (SSSR count). The fourth-order valence-corrected chi connectivity index (χ4v) is 7.68. The molecule has 2 heterocycles. The molecule has 0 aliphatic carbocycles. The number of ether oxygens (including phenoxy) is 2. The molecule has 0 saturated carbocycles. The molecule has 0 radical (unpaired) electrons. The summed E-state index contributed by atoms with van der Waals surface area (Å²) in [6.45, 7) is 9.65. The number of nitrogens with zero attached hydrogens (tertiary/aromatic N) is 2. The fraction of sp³-hybridized carbons (Fsp3) is 0.333. The Balaban J connectivity index is 1.73. The van der Waals surface area contributed by atoms with Crippen molar-refractivity contribution in [1.29, 1.82) is 0 Å². The minimum Gasteiger partial charge on any atom is -0.475 e. The predicted octanol–water partition coefficient (Wildman–Crippen LogP) is 4.93. The minimum absolute atomic E-state index is 0.0886. The molecule has 2 aliphatic heterocycles. The first kappa shape index (κ1) is 24.5. The minimum atomic E-state index is -3.37. The Bertz CT molecular complexity index is 1270. The van der Waals surface area contributed by atoms with Crippen LogP contribution < -0.4 is 15.9 Å². The lowest BCUT2D eigenvalue weighted by Crippen LogP contribution is -2.32. The second kappa shape index (κ2) is 10.1. The molecular formula is C30H33N2O3P. The third-order valence-electron chi connectivity index (χ3n) is 6.95. The van der Waals surface area contributed by atoms with Crippen LogP contribution in [0, 0.1) is 11.8 Å². The zero-order valence-electron chi connectivity index (χ0n) is 21.3. The first-order valence-electron chi connectivity index (χ1n) is 12.7. The maximum absolute atomic E-state index is 15.6. The van der Waals surface area contributed by atoms with Crippen LogP contribution in [-0.4, -0.2) is 37.1 Å². The van der Waals surface area contributed by atoms with Crippen LogP contribution in [0.25, 0.3) is 0 Å². The summed E-state index contributed by atoms with van der Waals surface area (Å²) >= 11 is 0. The summed E-state index contributed by atoms with van der Waals surface area (Å²) in [5, 5.41) is 2.18. The van der Waals surface area contributed by atoms with Gasteiger partial charge in [-0.3, -0.25) is 0 Å². The Morgan fingerprint density at radius 3 is 1.50 bits per heavy atom. The van der Waals surface area contributed by atoms with Crippen molar-refractivity contribution in [2.45, 2.75) is 39.8 Å². The first-order chi connectivity index (χ1) is 17.4. The van der Waals surface area contributed by atoms with Crippen molar-refractivity contribution in [3.63, 3.8) is 0 Å². The van der Waals surface area contributed by atoms with Crippen molar-refractivity contribution in [2.24, 2.45) is 21.8 Å². The number of hydrogen-bond donors (Lipinski definition) is 0. The van der Waals surface area contributed by atoms with Crippen LogP contribution >= 0.6 is 7.14 Å². The van der Waals surface area contributed by atoms with Gasteiger partial charge in [0, 0.05) is 27.0 Å². The van der Waals surface area contributed by atoms with Gasteiger partial charge in [0.05, 0.1) is 12.1 Å². The maximum Gasteiger partial charge on any atom is 0.217 e. The van der Waals surface area contributed by atoms with Crippen LogP contribution in [-0.2, 0) is 14.0 Å². The molecule has 186 valence electrons. The zero-order chi connectivity index (χ0) is 25.3. The lowest BCUT2D eigenvalue weighted by molar-refractivity contribution is 0.292. The molecule has 0 fully saturated rings. The highest BCUT2D eigenvalue weighted by molar-refractivity contribution is 7.85. The van der Waals surface area contributed by atoms with Gasteiger partial charge in [-0.15, -0.1) is 0 Å². The highest BCUT2D eigenvalue weighted by Crippen LogP contribution is 2.45. The van der Waals surface area contributed by atoms with Crippen molar-refractivity contribution >= 4 is 34.9 Å². The average Bonchev–Trinajstić information content (AvgIpc) is 3.60. The zero-order valence-corrected chi connectivity index (χ0v) is 22.2. The summed E-state index contributed by atoms with van der Waals surface area (Å²) in [6.07, 6.45) is 0. The Morgan fingerprint density at radius 2 is 1.08 bits per heavy atom. The average molecular weight is 501 g/mol. The van der Waals surface area contributed by atoms with Gasteiger partial charge in [0.2, 0.25) is 11.8 Å². The van der Waals surface area contributed by atoms with Crippen LogP contribution in [0.5, 0.6) is 0 Å². The van der Waals surface area contributed by atoms with E-state index in [-0.39, 0.29) is 12.1 Å². The molecule has 0 unspecified atom stereocenters. The van der Waals surface area contributed by atoms with Gasteiger partial charge < -0.3 is 14.0 Å². The van der Waals surface area contributed by atoms with Gasteiger partial charge in [-0.2, -0.15) is 0 Å². The summed E-state index contributed by atoms with van der Waals surface area (Å²) in [6, 6.07) is 25.5. The van der Waals surface area contributed by atoms with E-state index in [9.17, 15) is 0 Å². The van der Waals surface area contributed by atoms with Crippen LogP contribution in [0.1, 0.15) is 38.8 Å². The van der Waals surface area contributed by atoms with E-state index >= 15 is 4.57 Å².